The summed E-state index contributed by atoms with van der Waals surface area (Å²) in [5, 5.41) is 6.18. The molecule has 0 bridgehead atoms. The van der Waals surface area contributed by atoms with Gasteiger partial charge in [-0.25, -0.2) is 4.98 Å². The van der Waals surface area contributed by atoms with E-state index in [1.54, 1.807) is 13.2 Å². The molecule has 2 aromatic heterocycles. The molecule has 0 radical (unpaired) electrons. The standard InChI is InChI=1S/C13H22N8/c1-14-11-17-12(19-13(18-11)20(2)3)16-6-4-5-8-21-9-7-15-10-21/h7,9-10H,4-6,8H2,1-3H3,(H2,14,16,17,18,19). The summed E-state index contributed by atoms with van der Waals surface area (Å²) in [5.74, 6) is 1.80. The molecule has 114 valence electrons. The Hall–Kier alpha value is -2.38. The molecule has 2 rings (SSSR count). The molecule has 0 saturated carbocycles. The number of imidazole rings is 1. The number of hydrogen-bond acceptors (Lipinski definition) is 7. The second-order valence-electron chi connectivity index (χ2n) is 4.86. The third-order valence-corrected chi connectivity index (χ3v) is 2.93. The Morgan fingerprint density at radius 2 is 1.95 bits per heavy atom. The first-order valence-corrected chi connectivity index (χ1v) is 7.00. The van der Waals surface area contributed by atoms with E-state index in [4.69, 9.17) is 0 Å². The molecule has 0 aliphatic heterocycles. The van der Waals surface area contributed by atoms with Crippen molar-refractivity contribution in [3.8, 4) is 0 Å². The zero-order chi connectivity index (χ0) is 15.1. The van der Waals surface area contributed by atoms with Gasteiger partial charge < -0.3 is 20.1 Å². The third-order valence-electron chi connectivity index (χ3n) is 2.93. The number of aryl methyl sites for hydroxylation is 1. The van der Waals surface area contributed by atoms with E-state index < -0.39 is 0 Å². The van der Waals surface area contributed by atoms with Gasteiger partial charge in [-0.15, -0.1) is 0 Å². The summed E-state index contributed by atoms with van der Waals surface area (Å²) in [6.45, 7) is 1.80. The first kappa shape index (κ1) is 15.0. The van der Waals surface area contributed by atoms with Crippen LogP contribution in [0, 0.1) is 0 Å². The molecule has 0 spiro atoms. The predicted octanol–water partition coefficient (Wildman–Crippen LogP) is 1.07. The van der Waals surface area contributed by atoms with Crippen LogP contribution in [0.3, 0.4) is 0 Å². The molecule has 8 heteroatoms. The lowest BCUT2D eigenvalue weighted by Gasteiger charge is -2.13. The molecule has 0 fully saturated rings. The third kappa shape index (κ3) is 4.59. The Morgan fingerprint density at radius 1 is 1.14 bits per heavy atom. The van der Waals surface area contributed by atoms with Crippen LogP contribution in [0.1, 0.15) is 12.8 Å². The van der Waals surface area contributed by atoms with E-state index in [9.17, 15) is 0 Å². The fourth-order valence-corrected chi connectivity index (χ4v) is 1.79. The van der Waals surface area contributed by atoms with Gasteiger partial charge in [-0.3, -0.25) is 0 Å². The quantitative estimate of drug-likeness (QED) is 0.703. The molecule has 0 atom stereocenters. The van der Waals surface area contributed by atoms with Gasteiger partial charge in [0, 0.05) is 46.6 Å². The predicted molar refractivity (Wildman–Crippen MR) is 83.7 cm³/mol. The molecular weight excluding hydrogens is 268 g/mol. The average Bonchev–Trinajstić information content (AvgIpc) is 2.99. The second-order valence-corrected chi connectivity index (χ2v) is 4.86. The smallest absolute Gasteiger partial charge is 0.231 e. The van der Waals surface area contributed by atoms with Crippen LogP contribution >= 0.6 is 0 Å². The minimum atomic E-state index is 0.564. The normalized spacial score (nSPS) is 10.4. The summed E-state index contributed by atoms with van der Waals surface area (Å²) in [5.41, 5.74) is 0. The topological polar surface area (TPSA) is 83.8 Å². The zero-order valence-corrected chi connectivity index (χ0v) is 12.7. The summed E-state index contributed by atoms with van der Waals surface area (Å²) in [7, 11) is 5.61. The molecule has 0 aliphatic rings. The molecule has 0 amide bonds. The largest absolute Gasteiger partial charge is 0.357 e. The number of hydrogen-bond donors (Lipinski definition) is 2. The highest BCUT2D eigenvalue weighted by molar-refractivity contribution is 5.42. The minimum absolute atomic E-state index is 0.564. The van der Waals surface area contributed by atoms with Crippen molar-refractivity contribution < 1.29 is 0 Å². The molecule has 2 aromatic rings. The number of anilines is 3. The van der Waals surface area contributed by atoms with Crippen molar-refractivity contribution in [2.24, 2.45) is 0 Å². The lowest BCUT2D eigenvalue weighted by Crippen LogP contribution is -2.17. The molecule has 21 heavy (non-hydrogen) atoms. The van der Waals surface area contributed by atoms with Crippen molar-refractivity contribution >= 4 is 17.8 Å². The van der Waals surface area contributed by atoms with Gasteiger partial charge in [0.1, 0.15) is 0 Å². The van der Waals surface area contributed by atoms with E-state index in [1.165, 1.54) is 0 Å². The van der Waals surface area contributed by atoms with Gasteiger partial charge in [-0.1, -0.05) is 0 Å². The molecule has 8 nitrogen and oxygen atoms in total. The van der Waals surface area contributed by atoms with Crippen LogP contribution in [0.4, 0.5) is 17.8 Å². The number of unbranched alkanes of at least 4 members (excludes halogenated alkanes) is 1. The summed E-state index contributed by atoms with van der Waals surface area (Å²) < 4.78 is 2.08. The highest BCUT2D eigenvalue weighted by Gasteiger charge is 2.06. The van der Waals surface area contributed by atoms with Crippen molar-refractivity contribution in [3.05, 3.63) is 18.7 Å². The highest BCUT2D eigenvalue weighted by Crippen LogP contribution is 2.11. The maximum Gasteiger partial charge on any atom is 0.231 e. The van der Waals surface area contributed by atoms with Gasteiger partial charge in [-0.05, 0) is 12.8 Å². The summed E-state index contributed by atoms with van der Waals surface area (Å²) in [6, 6.07) is 0. The van der Waals surface area contributed by atoms with Crippen LogP contribution in [0.5, 0.6) is 0 Å². The monoisotopic (exact) mass is 290 g/mol. The Bertz CT molecular complexity index is 537. The van der Waals surface area contributed by atoms with Crippen LogP contribution < -0.4 is 15.5 Å². The molecular formula is C13H22N8. The van der Waals surface area contributed by atoms with E-state index in [-0.39, 0.29) is 0 Å². The molecule has 2 heterocycles. The van der Waals surface area contributed by atoms with E-state index in [0.29, 0.717) is 17.8 Å². The van der Waals surface area contributed by atoms with Gasteiger partial charge in [0.05, 0.1) is 6.33 Å². The Morgan fingerprint density at radius 3 is 2.62 bits per heavy atom. The fourth-order valence-electron chi connectivity index (χ4n) is 1.79. The Labute approximate surface area is 124 Å². The average molecular weight is 290 g/mol. The van der Waals surface area contributed by atoms with Gasteiger partial charge in [0.15, 0.2) is 0 Å². The number of rotatable bonds is 8. The van der Waals surface area contributed by atoms with Gasteiger partial charge in [-0.2, -0.15) is 15.0 Å². The summed E-state index contributed by atoms with van der Waals surface area (Å²) in [4.78, 5) is 18.8. The van der Waals surface area contributed by atoms with Crippen LogP contribution in [-0.4, -0.2) is 52.2 Å². The first-order chi connectivity index (χ1) is 10.2. The second kappa shape index (κ2) is 7.41. The van der Waals surface area contributed by atoms with E-state index in [0.717, 1.165) is 25.9 Å². The van der Waals surface area contributed by atoms with Crippen LogP contribution in [0.25, 0.3) is 0 Å². The van der Waals surface area contributed by atoms with Gasteiger partial charge in [0.2, 0.25) is 17.8 Å². The van der Waals surface area contributed by atoms with Crippen LogP contribution in [0.2, 0.25) is 0 Å². The lowest BCUT2D eigenvalue weighted by atomic mass is 10.3. The SMILES string of the molecule is CNc1nc(NCCCCn2ccnc2)nc(N(C)C)n1. The van der Waals surface area contributed by atoms with E-state index in [2.05, 4.69) is 35.1 Å². The number of nitrogens with one attached hydrogen (secondary N) is 2. The molecule has 0 aromatic carbocycles. The Kier molecular flexibility index (Phi) is 5.30. The zero-order valence-electron chi connectivity index (χ0n) is 12.7. The summed E-state index contributed by atoms with van der Waals surface area (Å²) >= 11 is 0. The maximum atomic E-state index is 4.37. The number of aromatic nitrogens is 5. The van der Waals surface area contributed by atoms with Crippen molar-refractivity contribution in [1.29, 1.82) is 0 Å². The first-order valence-electron chi connectivity index (χ1n) is 7.00. The maximum absolute atomic E-state index is 4.37. The molecule has 2 N–H and O–H groups in total. The molecule has 0 aliphatic carbocycles. The minimum Gasteiger partial charge on any atom is -0.357 e. The van der Waals surface area contributed by atoms with Crippen LogP contribution in [0.15, 0.2) is 18.7 Å². The van der Waals surface area contributed by atoms with Crippen LogP contribution in [-0.2, 0) is 6.54 Å². The Balaban J connectivity index is 1.80. The highest BCUT2D eigenvalue weighted by atomic mass is 15.3. The number of nitrogens with zero attached hydrogens (tertiary/aromatic N) is 6. The van der Waals surface area contributed by atoms with Gasteiger partial charge >= 0.3 is 0 Å². The lowest BCUT2D eigenvalue weighted by molar-refractivity contribution is 0.620. The molecule has 0 unspecified atom stereocenters. The van der Waals surface area contributed by atoms with E-state index >= 15 is 0 Å². The molecule has 0 saturated heterocycles. The van der Waals surface area contributed by atoms with E-state index in [1.807, 2.05) is 31.5 Å². The van der Waals surface area contributed by atoms with Crippen molar-refractivity contribution in [3.63, 3.8) is 0 Å². The van der Waals surface area contributed by atoms with Crippen molar-refractivity contribution in [2.75, 3.05) is 43.2 Å². The summed E-state index contributed by atoms with van der Waals surface area (Å²) in [6.07, 6.45) is 7.72. The van der Waals surface area contributed by atoms with Crippen molar-refractivity contribution in [2.45, 2.75) is 19.4 Å². The van der Waals surface area contributed by atoms with Crippen molar-refractivity contribution in [1.82, 2.24) is 24.5 Å². The fraction of sp³-hybridized carbons (Fsp3) is 0.538. The van der Waals surface area contributed by atoms with Gasteiger partial charge in [0.25, 0.3) is 0 Å².